The minimum Gasteiger partial charge on any atom is -0.465 e. The summed E-state index contributed by atoms with van der Waals surface area (Å²) in [4.78, 5) is 49.9. The molecule has 8 heteroatoms. The Hall–Kier alpha value is -1.96. The first kappa shape index (κ1) is 22.5. The molecule has 6 fully saturated rings. The van der Waals surface area contributed by atoms with Gasteiger partial charge >= 0.3 is 17.9 Å². The number of esters is 3. The van der Waals surface area contributed by atoms with Gasteiger partial charge in [0.25, 0.3) is 0 Å². The summed E-state index contributed by atoms with van der Waals surface area (Å²) in [5.74, 6) is -2.76. The van der Waals surface area contributed by atoms with E-state index in [4.69, 9.17) is 14.2 Å². The molecule has 0 amide bonds. The molecule has 0 radical (unpaired) electrons. The molecule has 0 aromatic heterocycles. The summed E-state index contributed by atoms with van der Waals surface area (Å²) < 4.78 is 17.4. The molecule has 6 rings (SSSR count). The number of aliphatic hydroxyl groups is 1. The molecule has 12 atom stereocenters. The third kappa shape index (κ3) is 1.88. The minimum absolute atomic E-state index is 0.0192. The van der Waals surface area contributed by atoms with E-state index in [9.17, 15) is 24.3 Å². The van der Waals surface area contributed by atoms with Crippen LogP contribution >= 0.6 is 0 Å². The standard InChI is InChI=1S/C26H34O8/c1-10-21(33-12(3)28)26(34-13(4)29)19(22(26,5)6)18-17-16-15(25(10,18)31)14-8-24(17,9-32-11(2)27)23(16,7)20(14)30/h10,14-19,21,31H,8-9H2,1-7H3/t10-,14-,15-,16?,17+,18+,19-,21-,23-,24-,25+,26-/m0/s1. The molecule has 6 aliphatic rings. The Balaban J connectivity index is 1.53. The van der Waals surface area contributed by atoms with Crippen molar-refractivity contribution in [3.8, 4) is 0 Å². The molecule has 0 saturated heterocycles. The first-order valence-electron chi connectivity index (χ1n) is 12.4. The van der Waals surface area contributed by atoms with Crippen molar-refractivity contribution in [1.82, 2.24) is 0 Å². The predicted octanol–water partition coefficient (Wildman–Crippen LogP) is 1.91. The normalized spacial score (nSPS) is 56.2. The molecule has 0 aromatic rings. The lowest BCUT2D eigenvalue weighted by Gasteiger charge is -2.65. The Morgan fingerprint density at radius 2 is 1.62 bits per heavy atom. The summed E-state index contributed by atoms with van der Waals surface area (Å²) in [6.45, 7) is 12.1. The van der Waals surface area contributed by atoms with Gasteiger partial charge in [0.15, 0.2) is 5.60 Å². The molecule has 0 spiro atoms. The number of hydrogen-bond acceptors (Lipinski definition) is 8. The van der Waals surface area contributed by atoms with Crippen LogP contribution in [0.3, 0.4) is 0 Å². The second-order valence-corrected chi connectivity index (χ2v) is 12.7. The highest BCUT2D eigenvalue weighted by Crippen LogP contribution is 2.92. The van der Waals surface area contributed by atoms with E-state index in [0.29, 0.717) is 6.42 Å². The molecule has 0 heterocycles. The zero-order valence-corrected chi connectivity index (χ0v) is 20.8. The van der Waals surface area contributed by atoms with E-state index < -0.39 is 51.4 Å². The SMILES string of the molecule is CC(=O)OC[C@]12C[C@@H]3C(=O)[C@]1(C)C1[C@H]3[C@@]3(O)[C@H]([C@@H]12)[C@H]1C(C)(C)[C@@]1(OC(C)=O)[C@@H](OC(C)=O)[C@@H]3C. The molecule has 1 N–H and O–H groups in total. The van der Waals surface area contributed by atoms with Crippen molar-refractivity contribution in [3.05, 3.63) is 0 Å². The Kier molecular flexibility index (Phi) is 3.89. The molecule has 6 aliphatic carbocycles. The summed E-state index contributed by atoms with van der Waals surface area (Å²) >= 11 is 0. The minimum atomic E-state index is -1.25. The number of rotatable bonds is 4. The summed E-state index contributed by atoms with van der Waals surface area (Å²) in [7, 11) is 0. The maximum Gasteiger partial charge on any atom is 0.303 e. The van der Waals surface area contributed by atoms with Crippen molar-refractivity contribution in [1.29, 1.82) is 0 Å². The second-order valence-electron chi connectivity index (χ2n) is 12.7. The van der Waals surface area contributed by atoms with E-state index >= 15 is 0 Å². The van der Waals surface area contributed by atoms with Gasteiger partial charge in [0.2, 0.25) is 0 Å². The summed E-state index contributed by atoms with van der Waals surface area (Å²) in [5, 5.41) is 12.6. The topological polar surface area (TPSA) is 116 Å². The molecule has 0 aromatic carbocycles. The van der Waals surface area contributed by atoms with Crippen LogP contribution < -0.4 is 0 Å². The lowest BCUT2D eigenvalue weighted by atomic mass is 9.38. The second kappa shape index (κ2) is 5.88. The van der Waals surface area contributed by atoms with Crippen LogP contribution in [0.4, 0.5) is 0 Å². The largest absolute Gasteiger partial charge is 0.465 e. The van der Waals surface area contributed by atoms with Crippen molar-refractivity contribution < 1.29 is 38.5 Å². The predicted molar refractivity (Wildman–Crippen MR) is 116 cm³/mol. The Labute approximate surface area is 199 Å². The number of carbonyl (C=O) groups is 4. The summed E-state index contributed by atoms with van der Waals surface area (Å²) in [5.41, 5.74) is -3.99. The van der Waals surface area contributed by atoms with Gasteiger partial charge in [0.05, 0.1) is 12.2 Å². The molecule has 186 valence electrons. The summed E-state index contributed by atoms with van der Waals surface area (Å²) in [6.07, 6.45) is -0.213. The number of fused-ring (bicyclic) bond motifs is 8. The van der Waals surface area contributed by atoms with Gasteiger partial charge in [-0.05, 0) is 24.2 Å². The van der Waals surface area contributed by atoms with Crippen LogP contribution in [0.5, 0.6) is 0 Å². The fourth-order valence-electron chi connectivity index (χ4n) is 10.9. The molecule has 8 nitrogen and oxygen atoms in total. The maximum absolute atomic E-state index is 13.6. The molecule has 34 heavy (non-hydrogen) atoms. The van der Waals surface area contributed by atoms with Gasteiger partial charge in [0, 0.05) is 60.7 Å². The van der Waals surface area contributed by atoms with Crippen molar-refractivity contribution in [2.45, 2.75) is 72.2 Å². The fraction of sp³-hybridized carbons (Fsp3) is 0.846. The molecular formula is C26H34O8. The van der Waals surface area contributed by atoms with E-state index in [0.717, 1.165) is 0 Å². The van der Waals surface area contributed by atoms with Crippen molar-refractivity contribution >= 4 is 23.7 Å². The zero-order chi connectivity index (χ0) is 25.0. The fourth-order valence-corrected chi connectivity index (χ4v) is 10.9. The Morgan fingerprint density at radius 3 is 2.15 bits per heavy atom. The van der Waals surface area contributed by atoms with E-state index in [2.05, 4.69) is 0 Å². The van der Waals surface area contributed by atoms with Gasteiger partial charge in [0.1, 0.15) is 11.9 Å². The van der Waals surface area contributed by atoms with Crippen LogP contribution in [0, 0.1) is 57.7 Å². The lowest BCUT2D eigenvalue weighted by Crippen LogP contribution is -2.67. The van der Waals surface area contributed by atoms with E-state index in [-0.39, 0.29) is 53.9 Å². The van der Waals surface area contributed by atoms with E-state index in [1.165, 1.54) is 20.8 Å². The maximum atomic E-state index is 13.6. The van der Waals surface area contributed by atoms with Gasteiger partial charge < -0.3 is 19.3 Å². The lowest BCUT2D eigenvalue weighted by molar-refractivity contribution is -0.229. The average molecular weight is 475 g/mol. The summed E-state index contributed by atoms with van der Waals surface area (Å²) in [6, 6.07) is 0. The third-order valence-electron chi connectivity index (χ3n) is 11.7. The van der Waals surface area contributed by atoms with Gasteiger partial charge in [-0.1, -0.05) is 27.7 Å². The van der Waals surface area contributed by atoms with Gasteiger partial charge in [-0.3, -0.25) is 19.2 Å². The smallest absolute Gasteiger partial charge is 0.303 e. The molecule has 1 unspecified atom stereocenters. The molecular weight excluding hydrogens is 440 g/mol. The first-order chi connectivity index (χ1) is 15.7. The Morgan fingerprint density at radius 1 is 0.971 bits per heavy atom. The highest BCUT2D eigenvalue weighted by atomic mass is 16.6. The number of ether oxygens (including phenoxy) is 3. The van der Waals surface area contributed by atoms with Crippen LogP contribution in [-0.4, -0.2) is 52.7 Å². The van der Waals surface area contributed by atoms with Crippen molar-refractivity contribution in [3.63, 3.8) is 0 Å². The highest BCUT2D eigenvalue weighted by Gasteiger charge is 2.99. The first-order valence-corrected chi connectivity index (χ1v) is 12.4. The highest BCUT2D eigenvalue weighted by molar-refractivity contribution is 5.96. The molecule has 6 saturated carbocycles. The van der Waals surface area contributed by atoms with Crippen LogP contribution in [-0.2, 0) is 33.4 Å². The van der Waals surface area contributed by atoms with Crippen molar-refractivity contribution in [2.24, 2.45) is 57.7 Å². The molecule has 2 bridgehead atoms. The van der Waals surface area contributed by atoms with Crippen LogP contribution in [0.25, 0.3) is 0 Å². The van der Waals surface area contributed by atoms with Gasteiger partial charge in [-0.15, -0.1) is 0 Å². The zero-order valence-electron chi connectivity index (χ0n) is 20.8. The number of hydrogen-bond donors (Lipinski definition) is 1. The number of carbonyl (C=O) groups excluding carboxylic acids is 4. The van der Waals surface area contributed by atoms with Crippen molar-refractivity contribution in [2.75, 3.05) is 6.61 Å². The van der Waals surface area contributed by atoms with Gasteiger partial charge in [-0.25, -0.2) is 0 Å². The average Bonchev–Trinajstić information content (AvgIpc) is 2.91. The molecule has 0 aliphatic heterocycles. The van der Waals surface area contributed by atoms with Crippen LogP contribution in [0.15, 0.2) is 0 Å². The number of Topliss-reactive ketones (excluding diaryl/α,β-unsaturated/α-hetero) is 1. The van der Waals surface area contributed by atoms with E-state index in [1.807, 2.05) is 27.7 Å². The monoisotopic (exact) mass is 474 g/mol. The van der Waals surface area contributed by atoms with Crippen LogP contribution in [0.1, 0.15) is 54.9 Å². The van der Waals surface area contributed by atoms with Crippen LogP contribution in [0.2, 0.25) is 0 Å². The van der Waals surface area contributed by atoms with Gasteiger partial charge in [-0.2, -0.15) is 0 Å². The third-order valence-corrected chi connectivity index (χ3v) is 11.7. The van der Waals surface area contributed by atoms with E-state index in [1.54, 1.807) is 0 Å². The Bertz CT molecular complexity index is 1070. The quantitative estimate of drug-likeness (QED) is 0.485. The number of ketones is 1.